The molecule has 0 saturated heterocycles. The summed E-state index contributed by atoms with van der Waals surface area (Å²) >= 11 is 1.88. The third-order valence-electron chi connectivity index (χ3n) is 10.7. The average Bonchev–Trinajstić information content (AvgIpc) is 3.84. The maximum Gasteiger partial charge on any atom is 0.164 e. The first-order valence-corrected chi connectivity index (χ1v) is 19.6. The van der Waals surface area contributed by atoms with Crippen LogP contribution >= 0.6 is 11.3 Å². The maximum atomic E-state index is 4.96. The third kappa shape index (κ3) is 5.40. The van der Waals surface area contributed by atoms with E-state index in [9.17, 15) is 0 Å². The predicted molar refractivity (Wildman–Crippen MR) is 234 cm³/mol. The van der Waals surface area contributed by atoms with Gasteiger partial charge in [-0.05, 0) is 40.5 Å². The van der Waals surface area contributed by atoms with Crippen LogP contribution in [0.2, 0.25) is 0 Å². The Bertz CT molecular complexity index is 3160. The van der Waals surface area contributed by atoms with E-state index in [0.29, 0.717) is 17.5 Å². The Morgan fingerprint density at radius 2 is 0.839 bits per heavy atom. The molecule has 262 valence electrons. The Hall–Kier alpha value is -7.21. The number of hydrogen-bond acceptors (Lipinski definition) is 4. The first-order valence-electron chi connectivity index (χ1n) is 18.8. The Labute approximate surface area is 327 Å². The summed E-state index contributed by atoms with van der Waals surface area (Å²) in [5.74, 6) is 1.96. The zero-order valence-electron chi connectivity index (χ0n) is 30.2. The minimum Gasteiger partial charge on any atom is -0.308 e. The highest BCUT2D eigenvalue weighted by Gasteiger charge is 2.20. The zero-order valence-corrected chi connectivity index (χ0v) is 31.0. The SMILES string of the molecule is c1ccc(-c2cccc(-n3c4ccccc4c4ccc5c6cccc(-c7ccc(-c8nc(-c9ccccc9)nc(-c9ccccc9)n8)cc7)c6sc5c43)c2)cc1. The van der Waals surface area contributed by atoms with E-state index in [-0.39, 0.29) is 0 Å². The summed E-state index contributed by atoms with van der Waals surface area (Å²) in [6.45, 7) is 0. The van der Waals surface area contributed by atoms with E-state index in [0.717, 1.165) is 27.9 Å². The Kier molecular flexibility index (Phi) is 7.64. The van der Waals surface area contributed by atoms with Gasteiger partial charge in [-0.25, -0.2) is 15.0 Å². The normalized spacial score (nSPS) is 11.6. The van der Waals surface area contributed by atoms with Crippen LogP contribution in [0.3, 0.4) is 0 Å². The van der Waals surface area contributed by atoms with Gasteiger partial charge in [0.2, 0.25) is 0 Å². The first kappa shape index (κ1) is 32.2. The number of thiophene rings is 1. The van der Waals surface area contributed by atoms with Gasteiger partial charge in [-0.15, -0.1) is 11.3 Å². The van der Waals surface area contributed by atoms with Gasteiger partial charge in [0.05, 0.1) is 15.7 Å². The average molecular weight is 733 g/mol. The quantitative estimate of drug-likeness (QED) is 0.171. The molecular formula is C51H32N4S. The van der Waals surface area contributed by atoms with E-state index in [1.54, 1.807) is 0 Å². The molecule has 0 atom stereocenters. The number of rotatable bonds is 6. The summed E-state index contributed by atoms with van der Waals surface area (Å²) in [6.07, 6.45) is 0. The fourth-order valence-electron chi connectivity index (χ4n) is 7.99. The second kappa shape index (κ2) is 13.3. The molecule has 4 nitrogen and oxygen atoms in total. The number of aromatic nitrogens is 4. The summed E-state index contributed by atoms with van der Waals surface area (Å²) in [5.41, 5.74) is 11.2. The van der Waals surface area contributed by atoms with Crippen LogP contribution in [0.4, 0.5) is 0 Å². The van der Waals surface area contributed by atoms with Gasteiger partial charge in [-0.3, -0.25) is 0 Å². The lowest BCUT2D eigenvalue weighted by atomic mass is 10.0. The van der Waals surface area contributed by atoms with E-state index < -0.39 is 0 Å². The fraction of sp³-hybridized carbons (Fsp3) is 0. The molecule has 3 aromatic heterocycles. The Balaban J connectivity index is 1.06. The van der Waals surface area contributed by atoms with Crippen molar-refractivity contribution in [2.24, 2.45) is 0 Å². The number of nitrogens with zero attached hydrogens (tertiary/aromatic N) is 4. The molecule has 0 aliphatic heterocycles. The van der Waals surface area contributed by atoms with Crippen molar-refractivity contribution in [3.8, 4) is 62.1 Å². The molecule has 56 heavy (non-hydrogen) atoms. The maximum absolute atomic E-state index is 4.96. The number of benzene rings is 8. The number of para-hydroxylation sites is 1. The summed E-state index contributed by atoms with van der Waals surface area (Å²) in [7, 11) is 0. The van der Waals surface area contributed by atoms with Crippen LogP contribution < -0.4 is 0 Å². The van der Waals surface area contributed by atoms with Crippen LogP contribution in [0.25, 0.3) is 104 Å². The van der Waals surface area contributed by atoms with Crippen LogP contribution in [0, 0.1) is 0 Å². The van der Waals surface area contributed by atoms with Gasteiger partial charge in [0.15, 0.2) is 17.5 Å². The Morgan fingerprint density at radius 1 is 0.339 bits per heavy atom. The second-order valence-electron chi connectivity index (χ2n) is 14.0. The van der Waals surface area contributed by atoms with Crippen molar-refractivity contribution in [1.82, 2.24) is 19.5 Å². The molecule has 0 N–H and O–H groups in total. The summed E-state index contributed by atoms with van der Waals surface area (Å²) in [5, 5.41) is 5.05. The highest BCUT2D eigenvalue weighted by molar-refractivity contribution is 7.27. The van der Waals surface area contributed by atoms with Crippen LogP contribution in [-0.4, -0.2) is 19.5 Å². The molecule has 11 aromatic rings. The molecule has 0 unspecified atom stereocenters. The molecular weight excluding hydrogens is 701 g/mol. The molecule has 8 aromatic carbocycles. The minimum absolute atomic E-state index is 0.649. The van der Waals surface area contributed by atoms with Gasteiger partial charge in [0.25, 0.3) is 0 Å². The highest BCUT2D eigenvalue weighted by Crippen LogP contribution is 2.46. The fourth-order valence-corrected chi connectivity index (χ4v) is 9.36. The van der Waals surface area contributed by atoms with Crippen molar-refractivity contribution in [1.29, 1.82) is 0 Å². The Morgan fingerprint density at radius 3 is 1.52 bits per heavy atom. The third-order valence-corrected chi connectivity index (χ3v) is 11.9. The summed E-state index contributed by atoms with van der Waals surface area (Å²) in [6, 6.07) is 68.5. The van der Waals surface area contributed by atoms with Crippen molar-refractivity contribution in [2.75, 3.05) is 0 Å². The lowest BCUT2D eigenvalue weighted by molar-refractivity contribution is 1.07. The standard InChI is InChI=1S/C51H32N4S/c1-4-14-33(15-5-1)38-20-12-21-39(32-38)55-45-25-11-10-22-41(45)42-30-31-44-43-24-13-23-40(47(43)56-48(44)46(42)55)34-26-28-37(29-27-34)51-53-49(35-16-6-2-7-17-35)52-50(54-51)36-18-8-3-9-19-36/h1-32H. The number of hydrogen-bond donors (Lipinski definition) is 0. The highest BCUT2D eigenvalue weighted by atomic mass is 32.1. The molecule has 3 heterocycles. The van der Waals surface area contributed by atoms with E-state index in [2.05, 4.69) is 138 Å². The van der Waals surface area contributed by atoms with Crippen LogP contribution in [0.5, 0.6) is 0 Å². The predicted octanol–water partition coefficient (Wildman–Crippen LogP) is 13.7. The second-order valence-corrected chi connectivity index (χ2v) is 15.0. The van der Waals surface area contributed by atoms with E-state index in [4.69, 9.17) is 15.0 Å². The summed E-state index contributed by atoms with van der Waals surface area (Å²) < 4.78 is 5.02. The van der Waals surface area contributed by atoms with Crippen LogP contribution in [-0.2, 0) is 0 Å². The van der Waals surface area contributed by atoms with E-state index >= 15 is 0 Å². The van der Waals surface area contributed by atoms with Gasteiger partial charge >= 0.3 is 0 Å². The van der Waals surface area contributed by atoms with E-state index in [1.807, 2.05) is 72.0 Å². The smallest absolute Gasteiger partial charge is 0.164 e. The molecule has 0 fully saturated rings. The lowest BCUT2D eigenvalue weighted by Crippen LogP contribution is -2.00. The molecule has 0 aliphatic carbocycles. The first-order chi connectivity index (χ1) is 27.8. The van der Waals surface area contributed by atoms with Crippen molar-refractivity contribution in [2.45, 2.75) is 0 Å². The molecule has 0 amide bonds. The molecule has 0 spiro atoms. The van der Waals surface area contributed by atoms with Gasteiger partial charge in [-0.2, -0.15) is 0 Å². The minimum atomic E-state index is 0.649. The van der Waals surface area contributed by atoms with Crippen molar-refractivity contribution in [3.05, 3.63) is 194 Å². The number of fused-ring (bicyclic) bond motifs is 7. The summed E-state index contributed by atoms with van der Waals surface area (Å²) in [4.78, 5) is 14.8. The molecule has 5 heteroatoms. The van der Waals surface area contributed by atoms with Crippen LogP contribution in [0.1, 0.15) is 0 Å². The molecule has 0 bridgehead atoms. The molecule has 0 radical (unpaired) electrons. The molecule has 0 aliphatic rings. The lowest BCUT2D eigenvalue weighted by Gasteiger charge is -2.11. The van der Waals surface area contributed by atoms with Crippen molar-refractivity contribution < 1.29 is 0 Å². The molecule has 0 saturated carbocycles. The van der Waals surface area contributed by atoms with Gasteiger partial charge in [-0.1, -0.05) is 176 Å². The topological polar surface area (TPSA) is 43.6 Å². The van der Waals surface area contributed by atoms with Crippen LogP contribution in [0.15, 0.2) is 194 Å². The van der Waals surface area contributed by atoms with Gasteiger partial charge < -0.3 is 4.57 Å². The molecule has 11 rings (SSSR count). The van der Waals surface area contributed by atoms with Gasteiger partial charge in [0.1, 0.15) is 0 Å². The zero-order chi connectivity index (χ0) is 37.0. The van der Waals surface area contributed by atoms with Gasteiger partial charge in [0, 0.05) is 48.6 Å². The van der Waals surface area contributed by atoms with E-state index in [1.165, 1.54) is 58.7 Å². The largest absolute Gasteiger partial charge is 0.308 e. The van der Waals surface area contributed by atoms with Crippen molar-refractivity contribution in [3.63, 3.8) is 0 Å². The monoisotopic (exact) mass is 732 g/mol. The van der Waals surface area contributed by atoms with Crippen molar-refractivity contribution >= 4 is 53.3 Å².